The number of carbonyl (C=O) groups excluding carboxylic acids is 1. The van der Waals surface area contributed by atoms with Gasteiger partial charge in [0.1, 0.15) is 10.9 Å². The maximum Gasteiger partial charge on any atom is 0.260 e. The van der Waals surface area contributed by atoms with Gasteiger partial charge in [0.15, 0.2) is 11.5 Å². The molecule has 0 fully saturated rings. The fourth-order valence-corrected chi connectivity index (χ4v) is 3.16. The highest BCUT2D eigenvalue weighted by Crippen LogP contribution is 2.33. The van der Waals surface area contributed by atoms with Crippen molar-refractivity contribution in [2.75, 3.05) is 25.8 Å². The molecule has 0 aliphatic rings. The van der Waals surface area contributed by atoms with Gasteiger partial charge in [0.25, 0.3) is 5.91 Å². The van der Waals surface area contributed by atoms with Gasteiger partial charge in [-0.3, -0.25) is 4.79 Å². The van der Waals surface area contributed by atoms with Crippen molar-refractivity contribution >= 4 is 23.4 Å². The second-order valence-corrected chi connectivity index (χ2v) is 6.98. The Morgan fingerprint density at radius 1 is 1.12 bits per heavy atom. The van der Waals surface area contributed by atoms with E-state index in [9.17, 15) is 4.79 Å². The molecule has 6 nitrogen and oxygen atoms in total. The number of rotatable bonds is 6. The van der Waals surface area contributed by atoms with Crippen LogP contribution < -0.4 is 14.8 Å². The zero-order chi connectivity index (χ0) is 19.4. The van der Waals surface area contributed by atoms with E-state index in [1.54, 1.807) is 20.3 Å². The topological polar surface area (TPSA) is 73.3 Å². The van der Waals surface area contributed by atoms with Gasteiger partial charge >= 0.3 is 0 Å². The van der Waals surface area contributed by atoms with E-state index >= 15 is 0 Å². The summed E-state index contributed by atoms with van der Waals surface area (Å²) in [7, 11) is 3.14. The van der Waals surface area contributed by atoms with Gasteiger partial charge in [-0.2, -0.15) is 0 Å². The SMILES string of the molecule is COc1cc(C)c(NC(=O)c2c(C)nc(C(C)C)nc2SC)cc1OC. The van der Waals surface area contributed by atoms with E-state index in [-0.39, 0.29) is 11.8 Å². The van der Waals surface area contributed by atoms with E-state index in [4.69, 9.17) is 9.47 Å². The maximum atomic E-state index is 12.9. The first-order valence-electron chi connectivity index (χ1n) is 8.28. The molecule has 1 amide bonds. The fraction of sp³-hybridized carbons (Fsp3) is 0.421. The van der Waals surface area contributed by atoms with Crippen LogP contribution in [0.3, 0.4) is 0 Å². The van der Waals surface area contributed by atoms with Crippen molar-refractivity contribution in [3.05, 3.63) is 34.8 Å². The molecule has 7 heteroatoms. The molecule has 140 valence electrons. The third-order valence-corrected chi connectivity index (χ3v) is 4.67. The number of methoxy groups -OCH3 is 2. The van der Waals surface area contributed by atoms with Gasteiger partial charge in [0.05, 0.1) is 25.5 Å². The molecule has 0 unspecified atom stereocenters. The Labute approximate surface area is 158 Å². The van der Waals surface area contributed by atoms with Gasteiger partial charge in [-0.1, -0.05) is 13.8 Å². The zero-order valence-corrected chi connectivity index (χ0v) is 17.1. The molecule has 1 N–H and O–H groups in total. The molecule has 2 aromatic rings. The lowest BCUT2D eigenvalue weighted by molar-refractivity contribution is 0.102. The number of amides is 1. The number of nitrogens with zero attached hydrogens (tertiary/aromatic N) is 2. The fourth-order valence-electron chi connectivity index (χ4n) is 2.53. The summed E-state index contributed by atoms with van der Waals surface area (Å²) in [4.78, 5) is 22.0. The van der Waals surface area contributed by atoms with Gasteiger partial charge in [-0.25, -0.2) is 9.97 Å². The average molecular weight is 375 g/mol. The number of aryl methyl sites for hydroxylation is 2. The van der Waals surface area contributed by atoms with Crippen LogP contribution in [-0.4, -0.2) is 36.4 Å². The smallest absolute Gasteiger partial charge is 0.260 e. The minimum absolute atomic E-state index is 0.199. The lowest BCUT2D eigenvalue weighted by Crippen LogP contribution is -2.18. The molecule has 0 saturated carbocycles. The van der Waals surface area contributed by atoms with E-state index in [1.807, 2.05) is 40.0 Å². The first-order chi connectivity index (χ1) is 12.3. The van der Waals surface area contributed by atoms with Crippen molar-refractivity contribution in [1.82, 2.24) is 9.97 Å². The molecule has 0 atom stereocenters. The lowest BCUT2D eigenvalue weighted by Gasteiger charge is -2.16. The molecule has 1 aromatic carbocycles. The first kappa shape index (κ1) is 20.0. The van der Waals surface area contributed by atoms with E-state index in [1.165, 1.54) is 11.8 Å². The summed E-state index contributed by atoms with van der Waals surface area (Å²) in [5, 5.41) is 3.63. The van der Waals surface area contributed by atoms with Crippen molar-refractivity contribution < 1.29 is 14.3 Å². The number of nitrogens with one attached hydrogen (secondary N) is 1. The largest absolute Gasteiger partial charge is 0.493 e. The Morgan fingerprint density at radius 2 is 1.73 bits per heavy atom. The Morgan fingerprint density at radius 3 is 2.27 bits per heavy atom. The van der Waals surface area contributed by atoms with Gasteiger partial charge in [-0.05, 0) is 31.7 Å². The van der Waals surface area contributed by atoms with Crippen LogP contribution in [0, 0.1) is 13.8 Å². The van der Waals surface area contributed by atoms with E-state index in [0.29, 0.717) is 33.5 Å². The summed E-state index contributed by atoms with van der Waals surface area (Å²) in [5.74, 6) is 1.88. The average Bonchev–Trinajstić information content (AvgIpc) is 2.61. The van der Waals surface area contributed by atoms with Crippen LogP contribution in [-0.2, 0) is 0 Å². The van der Waals surface area contributed by atoms with E-state index < -0.39 is 0 Å². The standard InChI is InChI=1S/C19H25N3O3S/c1-10(2)17-20-12(4)16(19(22-17)26-7)18(23)21-13-9-15(25-6)14(24-5)8-11(13)3/h8-10H,1-7H3,(H,21,23). The van der Waals surface area contributed by atoms with E-state index in [2.05, 4.69) is 15.3 Å². The van der Waals surface area contributed by atoms with Crippen LogP contribution in [0.15, 0.2) is 17.2 Å². The molecular weight excluding hydrogens is 350 g/mol. The molecule has 2 rings (SSSR count). The number of aromatic nitrogens is 2. The molecule has 1 aromatic heterocycles. The summed E-state index contributed by atoms with van der Waals surface area (Å²) in [6.45, 7) is 7.80. The van der Waals surface area contributed by atoms with Gasteiger partial charge in [0, 0.05) is 17.7 Å². The van der Waals surface area contributed by atoms with Crippen molar-refractivity contribution in [2.45, 2.75) is 38.6 Å². The third kappa shape index (κ3) is 4.09. The summed E-state index contributed by atoms with van der Waals surface area (Å²) in [5.41, 5.74) is 2.70. The van der Waals surface area contributed by atoms with Crippen molar-refractivity contribution in [1.29, 1.82) is 0 Å². The number of hydrogen-bond acceptors (Lipinski definition) is 6. The highest BCUT2D eigenvalue weighted by atomic mass is 32.2. The van der Waals surface area contributed by atoms with Crippen LogP contribution in [0.4, 0.5) is 5.69 Å². The van der Waals surface area contributed by atoms with Crippen molar-refractivity contribution in [3.8, 4) is 11.5 Å². The van der Waals surface area contributed by atoms with Crippen LogP contribution in [0.25, 0.3) is 0 Å². The normalized spacial score (nSPS) is 10.8. The number of carbonyl (C=O) groups is 1. The Bertz CT molecular complexity index is 822. The van der Waals surface area contributed by atoms with Gasteiger partial charge in [0.2, 0.25) is 0 Å². The maximum absolute atomic E-state index is 12.9. The van der Waals surface area contributed by atoms with Crippen LogP contribution in [0.2, 0.25) is 0 Å². The molecule has 0 saturated heterocycles. The number of anilines is 1. The van der Waals surface area contributed by atoms with Crippen molar-refractivity contribution in [3.63, 3.8) is 0 Å². The van der Waals surface area contributed by atoms with Crippen LogP contribution in [0.1, 0.15) is 47.2 Å². The number of hydrogen-bond donors (Lipinski definition) is 1. The van der Waals surface area contributed by atoms with Crippen LogP contribution >= 0.6 is 11.8 Å². The molecule has 0 spiro atoms. The molecule has 0 bridgehead atoms. The third-order valence-electron chi connectivity index (χ3n) is 3.99. The Kier molecular flexibility index (Phi) is 6.47. The second kappa shape index (κ2) is 8.40. The summed E-state index contributed by atoms with van der Waals surface area (Å²) < 4.78 is 10.6. The van der Waals surface area contributed by atoms with E-state index in [0.717, 1.165) is 11.4 Å². The van der Waals surface area contributed by atoms with Crippen LogP contribution in [0.5, 0.6) is 11.5 Å². The summed E-state index contributed by atoms with van der Waals surface area (Å²) >= 11 is 1.44. The quantitative estimate of drug-likeness (QED) is 0.602. The van der Waals surface area contributed by atoms with Gasteiger partial charge < -0.3 is 14.8 Å². The minimum Gasteiger partial charge on any atom is -0.493 e. The predicted octanol–water partition coefficient (Wildman–Crippen LogP) is 4.21. The highest BCUT2D eigenvalue weighted by molar-refractivity contribution is 7.98. The number of benzene rings is 1. The molecule has 1 heterocycles. The van der Waals surface area contributed by atoms with Gasteiger partial charge in [-0.15, -0.1) is 11.8 Å². The lowest BCUT2D eigenvalue weighted by atomic mass is 10.1. The Balaban J connectivity index is 2.42. The monoisotopic (exact) mass is 375 g/mol. The molecule has 0 aliphatic carbocycles. The molecule has 0 aliphatic heterocycles. The number of thioether (sulfide) groups is 1. The summed E-state index contributed by atoms with van der Waals surface area (Å²) in [6.07, 6.45) is 1.91. The predicted molar refractivity (Wildman–Crippen MR) is 105 cm³/mol. The first-order valence-corrected chi connectivity index (χ1v) is 9.51. The summed E-state index contributed by atoms with van der Waals surface area (Å²) in [6, 6.07) is 3.58. The Hall–Kier alpha value is -2.28. The zero-order valence-electron chi connectivity index (χ0n) is 16.3. The number of ether oxygens (including phenoxy) is 2. The molecule has 26 heavy (non-hydrogen) atoms. The highest BCUT2D eigenvalue weighted by Gasteiger charge is 2.20. The van der Waals surface area contributed by atoms with Crippen molar-refractivity contribution in [2.24, 2.45) is 0 Å². The minimum atomic E-state index is -0.238. The second-order valence-electron chi connectivity index (χ2n) is 6.18. The molecule has 0 radical (unpaired) electrons. The molecular formula is C19H25N3O3S.